The molecule has 5 heteroatoms. The molecule has 1 aliphatic heterocycles. The van der Waals surface area contributed by atoms with Gasteiger partial charge in [-0.1, -0.05) is 12.1 Å². The van der Waals surface area contributed by atoms with E-state index >= 15 is 0 Å². The lowest BCUT2D eigenvalue weighted by molar-refractivity contribution is 0.0535. The summed E-state index contributed by atoms with van der Waals surface area (Å²) in [6.45, 7) is 1.66. The van der Waals surface area contributed by atoms with E-state index in [9.17, 15) is 13.2 Å². The van der Waals surface area contributed by atoms with E-state index in [4.69, 9.17) is 0 Å². The second-order valence-electron chi connectivity index (χ2n) is 3.90. The smallest absolute Gasteiger partial charge is 0.217 e. The average Bonchev–Trinajstić information content (AvgIpc) is 2.23. The molecule has 1 aromatic carbocycles. The number of halogens is 3. The van der Waals surface area contributed by atoms with Crippen LogP contribution in [0.25, 0.3) is 0 Å². The summed E-state index contributed by atoms with van der Waals surface area (Å²) in [5.74, 6) is 0. The van der Waals surface area contributed by atoms with Crippen LogP contribution in [-0.2, 0) is 0 Å². The van der Waals surface area contributed by atoms with E-state index in [-0.39, 0.29) is 6.54 Å². The molecule has 1 fully saturated rings. The number of hydrogen-bond acceptors (Lipinski definition) is 2. The molecule has 2 nitrogen and oxygen atoms in total. The van der Waals surface area contributed by atoms with Gasteiger partial charge in [-0.3, -0.25) is 5.32 Å². The first-order valence-corrected chi connectivity index (χ1v) is 5.09. The van der Waals surface area contributed by atoms with Gasteiger partial charge < -0.3 is 4.90 Å². The number of hydrogen-bond donors (Lipinski definition) is 1. The predicted octanol–water partition coefficient (Wildman–Crippen LogP) is 2.29. The average molecular weight is 230 g/mol. The van der Waals surface area contributed by atoms with E-state index in [0.717, 1.165) is 10.5 Å². The molecule has 16 heavy (non-hydrogen) atoms. The highest BCUT2D eigenvalue weighted by Crippen LogP contribution is 2.24. The number of benzene rings is 1. The van der Waals surface area contributed by atoms with Crippen LogP contribution in [0.5, 0.6) is 0 Å². The Morgan fingerprint density at radius 2 is 2.06 bits per heavy atom. The van der Waals surface area contributed by atoms with E-state index < -0.39 is 18.9 Å². The van der Waals surface area contributed by atoms with Crippen LogP contribution in [-0.4, -0.2) is 25.4 Å². The maximum absolute atomic E-state index is 13.6. The van der Waals surface area contributed by atoms with Gasteiger partial charge in [0.2, 0.25) is 12.6 Å². The van der Waals surface area contributed by atoms with Crippen LogP contribution in [0.15, 0.2) is 24.3 Å². The molecule has 1 N–H and O–H groups in total. The highest BCUT2D eigenvalue weighted by molar-refractivity contribution is 5.49. The molecule has 3 atom stereocenters. The molecule has 1 aliphatic rings. The van der Waals surface area contributed by atoms with E-state index in [1.54, 1.807) is 18.2 Å². The molecule has 0 spiro atoms. The first kappa shape index (κ1) is 11.3. The van der Waals surface area contributed by atoms with Gasteiger partial charge in [-0.15, -0.1) is 0 Å². The number of aryl methyl sites for hydroxylation is 1. The Morgan fingerprint density at radius 3 is 2.75 bits per heavy atom. The SMILES string of the molecule is Cc1cccc(N2CC(F)NC(F)C2F)c1. The molecule has 0 aliphatic carbocycles. The fourth-order valence-corrected chi connectivity index (χ4v) is 1.79. The van der Waals surface area contributed by atoms with Gasteiger partial charge >= 0.3 is 0 Å². The molecule has 0 aromatic heterocycles. The number of rotatable bonds is 1. The highest BCUT2D eigenvalue weighted by Gasteiger charge is 2.36. The maximum Gasteiger partial charge on any atom is 0.217 e. The molecule has 1 heterocycles. The number of piperazine rings is 1. The minimum atomic E-state index is -2.00. The summed E-state index contributed by atoms with van der Waals surface area (Å²) in [5, 5.41) is 1.89. The molecule has 1 aromatic rings. The third-order valence-electron chi connectivity index (χ3n) is 2.57. The Morgan fingerprint density at radius 1 is 1.31 bits per heavy atom. The van der Waals surface area contributed by atoms with Crippen molar-refractivity contribution < 1.29 is 13.2 Å². The Hall–Kier alpha value is -1.23. The molecule has 88 valence electrons. The van der Waals surface area contributed by atoms with Gasteiger partial charge in [0.05, 0.1) is 6.54 Å². The van der Waals surface area contributed by atoms with Gasteiger partial charge in [-0.25, -0.2) is 13.2 Å². The van der Waals surface area contributed by atoms with Gasteiger partial charge in [0, 0.05) is 5.69 Å². The van der Waals surface area contributed by atoms with Gasteiger partial charge in [-0.2, -0.15) is 0 Å². The van der Waals surface area contributed by atoms with Crippen LogP contribution in [0.1, 0.15) is 5.56 Å². The molecule has 0 amide bonds. The van der Waals surface area contributed by atoms with Crippen molar-refractivity contribution in [3.8, 4) is 0 Å². The van der Waals surface area contributed by atoms with Crippen molar-refractivity contribution in [2.24, 2.45) is 0 Å². The van der Waals surface area contributed by atoms with Gasteiger partial charge in [0.15, 0.2) is 6.30 Å². The zero-order valence-electron chi connectivity index (χ0n) is 8.83. The summed E-state index contributed by atoms with van der Waals surface area (Å²) >= 11 is 0. The molecule has 0 saturated carbocycles. The van der Waals surface area contributed by atoms with Crippen LogP contribution in [0.3, 0.4) is 0 Å². The van der Waals surface area contributed by atoms with Crippen molar-refractivity contribution in [1.29, 1.82) is 0 Å². The van der Waals surface area contributed by atoms with Crippen molar-refractivity contribution in [3.63, 3.8) is 0 Å². The second kappa shape index (κ2) is 4.33. The van der Waals surface area contributed by atoms with Crippen molar-refractivity contribution >= 4 is 5.69 Å². The van der Waals surface area contributed by atoms with Crippen LogP contribution in [0.4, 0.5) is 18.9 Å². The lowest BCUT2D eigenvalue weighted by Crippen LogP contribution is -2.58. The monoisotopic (exact) mass is 230 g/mol. The Bertz CT molecular complexity index is 372. The van der Waals surface area contributed by atoms with Crippen LogP contribution < -0.4 is 10.2 Å². The van der Waals surface area contributed by atoms with Crippen LogP contribution in [0.2, 0.25) is 0 Å². The predicted molar refractivity (Wildman–Crippen MR) is 56.3 cm³/mol. The normalized spacial score (nSPS) is 30.5. The minimum absolute atomic E-state index is 0.189. The summed E-state index contributed by atoms with van der Waals surface area (Å²) in [6.07, 6.45) is -5.40. The molecular weight excluding hydrogens is 217 g/mol. The van der Waals surface area contributed by atoms with E-state index in [0.29, 0.717) is 5.69 Å². The highest BCUT2D eigenvalue weighted by atomic mass is 19.2. The summed E-state index contributed by atoms with van der Waals surface area (Å²) < 4.78 is 39.7. The molecular formula is C11H13F3N2. The largest absolute Gasteiger partial charge is 0.334 e. The van der Waals surface area contributed by atoms with E-state index in [1.165, 1.54) is 0 Å². The van der Waals surface area contributed by atoms with E-state index in [2.05, 4.69) is 0 Å². The van der Waals surface area contributed by atoms with Crippen molar-refractivity contribution in [2.45, 2.75) is 25.8 Å². The Kier molecular flexibility index (Phi) is 3.05. The minimum Gasteiger partial charge on any atom is -0.334 e. The molecule has 0 bridgehead atoms. The summed E-state index contributed by atoms with van der Waals surface area (Å²) in [4.78, 5) is 1.10. The standard InChI is InChI=1S/C11H13F3N2/c1-7-3-2-4-8(5-7)16-6-9(12)15-10(13)11(16)14/h2-5,9-11,15H,6H2,1H3. The summed E-state index contributed by atoms with van der Waals surface area (Å²) in [7, 11) is 0. The number of alkyl halides is 3. The lowest BCUT2D eigenvalue weighted by Gasteiger charge is -2.37. The third kappa shape index (κ3) is 2.14. The van der Waals surface area contributed by atoms with Crippen LogP contribution in [0, 0.1) is 6.92 Å². The van der Waals surface area contributed by atoms with Gasteiger partial charge in [0.1, 0.15) is 0 Å². The first-order chi connectivity index (χ1) is 7.58. The molecule has 1 saturated heterocycles. The Balaban J connectivity index is 2.25. The van der Waals surface area contributed by atoms with Crippen molar-refractivity contribution in [1.82, 2.24) is 5.32 Å². The van der Waals surface area contributed by atoms with Crippen molar-refractivity contribution in [3.05, 3.63) is 29.8 Å². The topological polar surface area (TPSA) is 15.3 Å². The van der Waals surface area contributed by atoms with Crippen molar-refractivity contribution in [2.75, 3.05) is 11.4 Å². The molecule has 0 radical (unpaired) electrons. The molecule has 3 unspecified atom stereocenters. The summed E-state index contributed by atoms with van der Waals surface area (Å²) in [5.41, 5.74) is 1.42. The first-order valence-electron chi connectivity index (χ1n) is 5.09. The fraction of sp³-hybridized carbons (Fsp3) is 0.455. The third-order valence-corrected chi connectivity index (χ3v) is 2.57. The lowest BCUT2D eigenvalue weighted by atomic mass is 10.2. The zero-order valence-corrected chi connectivity index (χ0v) is 8.83. The molecule has 2 rings (SSSR count). The maximum atomic E-state index is 13.6. The second-order valence-corrected chi connectivity index (χ2v) is 3.90. The zero-order chi connectivity index (χ0) is 11.7. The van der Waals surface area contributed by atoms with Gasteiger partial charge in [0.25, 0.3) is 0 Å². The number of nitrogens with one attached hydrogen (secondary N) is 1. The summed E-state index contributed by atoms with van der Waals surface area (Å²) in [6, 6.07) is 6.93. The quantitative estimate of drug-likeness (QED) is 0.745. The van der Waals surface area contributed by atoms with Gasteiger partial charge in [-0.05, 0) is 24.6 Å². The van der Waals surface area contributed by atoms with E-state index in [1.807, 2.05) is 18.3 Å². The number of nitrogens with zero attached hydrogens (tertiary/aromatic N) is 1. The van der Waals surface area contributed by atoms with Crippen LogP contribution >= 0.6 is 0 Å². The number of anilines is 1. The Labute approximate surface area is 92.1 Å². The fourth-order valence-electron chi connectivity index (χ4n) is 1.79.